The third-order valence-electron chi connectivity index (χ3n) is 2.68. The van der Waals surface area contributed by atoms with Crippen molar-refractivity contribution in [1.82, 2.24) is 9.80 Å². The van der Waals surface area contributed by atoms with Gasteiger partial charge in [0.05, 0.1) is 11.8 Å². The minimum absolute atomic E-state index is 0.0377. The van der Waals surface area contributed by atoms with E-state index in [0.717, 1.165) is 11.4 Å². The lowest BCUT2D eigenvalue weighted by Gasteiger charge is -2.33. The fourth-order valence-electron chi connectivity index (χ4n) is 1.83. The highest BCUT2D eigenvalue weighted by molar-refractivity contribution is 8.04. The first-order valence-electron chi connectivity index (χ1n) is 5.10. The van der Waals surface area contributed by atoms with Gasteiger partial charge in [-0.2, -0.15) is 0 Å². The van der Waals surface area contributed by atoms with Crippen molar-refractivity contribution in [3.05, 3.63) is 10.6 Å². The molecule has 1 amide bonds. The van der Waals surface area contributed by atoms with Gasteiger partial charge in [0.15, 0.2) is 0 Å². The van der Waals surface area contributed by atoms with Gasteiger partial charge in [0.2, 0.25) is 5.91 Å². The first kappa shape index (κ1) is 11.5. The van der Waals surface area contributed by atoms with Crippen LogP contribution >= 0.6 is 11.8 Å². The SMILES string of the molecule is CN(C)CCC1=C(C(=O)O)N2C(=O)C[C@H]2S1. The number of amides is 1. The van der Waals surface area contributed by atoms with E-state index in [2.05, 4.69) is 0 Å². The van der Waals surface area contributed by atoms with Crippen LogP contribution in [-0.4, -0.2) is 52.8 Å². The molecule has 0 spiro atoms. The minimum atomic E-state index is -0.989. The number of carboxylic acid groups (broad SMARTS) is 1. The highest BCUT2D eigenvalue weighted by Crippen LogP contribution is 2.47. The summed E-state index contributed by atoms with van der Waals surface area (Å²) in [6, 6.07) is 0. The molecule has 2 aliphatic rings. The number of thioether (sulfide) groups is 1. The number of carboxylic acids is 1. The van der Waals surface area contributed by atoms with E-state index in [1.807, 2.05) is 19.0 Å². The Labute approximate surface area is 98.1 Å². The Morgan fingerprint density at radius 3 is 2.81 bits per heavy atom. The quantitative estimate of drug-likeness (QED) is 0.729. The second kappa shape index (κ2) is 4.10. The lowest BCUT2D eigenvalue weighted by Crippen LogP contribution is -2.48. The topological polar surface area (TPSA) is 60.9 Å². The molecule has 6 heteroatoms. The number of rotatable bonds is 4. The van der Waals surface area contributed by atoms with Gasteiger partial charge in [-0.1, -0.05) is 0 Å². The van der Waals surface area contributed by atoms with Gasteiger partial charge in [-0.05, 0) is 20.5 Å². The Morgan fingerprint density at radius 1 is 1.62 bits per heavy atom. The van der Waals surface area contributed by atoms with Gasteiger partial charge < -0.3 is 10.0 Å². The minimum Gasteiger partial charge on any atom is -0.477 e. The molecule has 2 heterocycles. The standard InChI is InChI=1S/C10H14N2O3S/c1-11(2)4-3-6-9(10(14)15)12-7(13)5-8(12)16-6/h8H,3-5H2,1-2H3,(H,14,15)/t8-/m1/s1. The number of aliphatic carboxylic acids is 1. The van der Waals surface area contributed by atoms with E-state index in [0.29, 0.717) is 12.8 Å². The Morgan fingerprint density at radius 2 is 2.31 bits per heavy atom. The molecule has 0 bridgehead atoms. The van der Waals surface area contributed by atoms with Gasteiger partial charge in [0, 0.05) is 11.4 Å². The molecular weight excluding hydrogens is 228 g/mol. The molecule has 0 aliphatic carbocycles. The Bertz CT molecular complexity index is 378. The number of hydrogen-bond donors (Lipinski definition) is 1. The van der Waals surface area contributed by atoms with Crippen LogP contribution in [0.3, 0.4) is 0 Å². The molecular formula is C10H14N2O3S. The van der Waals surface area contributed by atoms with Crippen LogP contribution in [0.2, 0.25) is 0 Å². The molecule has 16 heavy (non-hydrogen) atoms. The van der Waals surface area contributed by atoms with Crippen LogP contribution in [0, 0.1) is 0 Å². The zero-order chi connectivity index (χ0) is 11.9. The lowest BCUT2D eigenvalue weighted by atomic mass is 10.1. The largest absolute Gasteiger partial charge is 0.477 e. The van der Waals surface area contributed by atoms with Crippen molar-refractivity contribution in [3.63, 3.8) is 0 Å². The van der Waals surface area contributed by atoms with E-state index in [1.54, 1.807) is 0 Å². The monoisotopic (exact) mass is 242 g/mol. The molecule has 0 saturated carbocycles. The van der Waals surface area contributed by atoms with Gasteiger partial charge >= 0.3 is 5.97 Å². The number of carbonyl (C=O) groups is 2. The van der Waals surface area contributed by atoms with Crippen molar-refractivity contribution in [2.45, 2.75) is 18.2 Å². The lowest BCUT2D eigenvalue weighted by molar-refractivity contribution is -0.145. The molecule has 0 aromatic heterocycles. The molecule has 1 atom stereocenters. The van der Waals surface area contributed by atoms with Crippen LogP contribution < -0.4 is 0 Å². The van der Waals surface area contributed by atoms with Crippen molar-refractivity contribution in [2.75, 3.05) is 20.6 Å². The molecule has 88 valence electrons. The number of carbonyl (C=O) groups excluding carboxylic acids is 1. The van der Waals surface area contributed by atoms with Gasteiger partial charge in [-0.15, -0.1) is 11.8 Å². The summed E-state index contributed by atoms with van der Waals surface area (Å²) >= 11 is 1.52. The van der Waals surface area contributed by atoms with Crippen LogP contribution in [-0.2, 0) is 9.59 Å². The van der Waals surface area contributed by atoms with Crippen LogP contribution in [0.5, 0.6) is 0 Å². The zero-order valence-corrected chi connectivity index (χ0v) is 10.1. The number of nitrogens with zero attached hydrogens (tertiary/aromatic N) is 2. The summed E-state index contributed by atoms with van der Waals surface area (Å²) in [6.07, 6.45) is 1.16. The predicted molar refractivity (Wildman–Crippen MR) is 60.7 cm³/mol. The van der Waals surface area contributed by atoms with E-state index < -0.39 is 5.97 Å². The third kappa shape index (κ3) is 1.82. The number of fused-ring (bicyclic) bond motifs is 1. The summed E-state index contributed by atoms with van der Waals surface area (Å²) in [4.78, 5) is 26.7. The second-order valence-corrected chi connectivity index (χ2v) is 5.44. The second-order valence-electron chi connectivity index (χ2n) is 4.17. The van der Waals surface area contributed by atoms with E-state index in [4.69, 9.17) is 5.11 Å². The third-order valence-corrected chi connectivity index (χ3v) is 4.01. The summed E-state index contributed by atoms with van der Waals surface area (Å²) in [6.45, 7) is 0.799. The number of hydrogen-bond acceptors (Lipinski definition) is 4. The molecule has 5 nitrogen and oxygen atoms in total. The smallest absolute Gasteiger partial charge is 0.353 e. The molecule has 0 aromatic carbocycles. The van der Waals surface area contributed by atoms with Crippen molar-refractivity contribution < 1.29 is 14.7 Å². The zero-order valence-electron chi connectivity index (χ0n) is 9.27. The van der Waals surface area contributed by atoms with E-state index in [9.17, 15) is 9.59 Å². The highest BCUT2D eigenvalue weighted by atomic mass is 32.2. The fourth-order valence-corrected chi connectivity index (χ4v) is 3.22. The normalized spacial score (nSPS) is 23.8. The summed E-state index contributed by atoms with van der Waals surface area (Å²) in [5.74, 6) is -1.06. The van der Waals surface area contributed by atoms with E-state index in [-0.39, 0.29) is 17.0 Å². The first-order chi connectivity index (χ1) is 7.50. The average molecular weight is 242 g/mol. The van der Waals surface area contributed by atoms with E-state index >= 15 is 0 Å². The highest BCUT2D eigenvalue weighted by Gasteiger charge is 2.47. The van der Waals surface area contributed by atoms with Gasteiger partial charge in [0.1, 0.15) is 5.70 Å². The Hall–Kier alpha value is -1.01. The van der Waals surface area contributed by atoms with Crippen molar-refractivity contribution in [3.8, 4) is 0 Å². The molecule has 2 rings (SSSR count). The van der Waals surface area contributed by atoms with Gasteiger partial charge in [0.25, 0.3) is 0 Å². The van der Waals surface area contributed by atoms with Crippen molar-refractivity contribution in [2.24, 2.45) is 0 Å². The van der Waals surface area contributed by atoms with Gasteiger partial charge in [-0.25, -0.2) is 4.79 Å². The summed E-state index contributed by atoms with van der Waals surface area (Å²) < 4.78 is 0. The Balaban J connectivity index is 2.15. The van der Waals surface area contributed by atoms with E-state index in [1.165, 1.54) is 16.7 Å². The summed E-state index contributed by atoms with van der Waals surface area (Å²) in [5.41, 5.74) is 0.202. The predicted octanol–water partition coefficient (Wildman–Crippen LogP) is 0.540. The van der Waals surface area contributed by atoms with Crippen molar-refractivity contribution >= 4 is 23.6 Å². The molecule has 0 radical (unpaired) electrons. The average Bonchev–Trinajstić information content (AvgIpc) is 2.47. The molecule has 2 aliphatic heterocycles. The van der Waals surface area contributed by atoms with Crippen LogP contribution in [0.4, 0.5) is 0 Å². The van der Waals surface area contributed by atoms with Gasteiger partial charge in [-0.3, -0.25) is 9.69 Å². The van der Waals surface area contributed by atoms with Crippen LogP contribution in [0.15, 0.2) is 10.6 Å². The molecule has 0 unspecified atom stereocenters. The summed E-state index contributed by atoms with van der Waals surface area (Å²) in [5, 5.41) is 9.15. The molecule has 1 saturated heterocycles. The maximum Gasteiger partial charge on any atom is 0.353 e. The Kier molecular flexibility index (Phi) is 2.94. The van der Waals surface area contributed by atoms with Crippen LogP contribution in [0.25, 0.3) is 0 Å². The number of β-lactam (4-membered cyclic amide) rings is 1. The summed E-state index contributed by atoms with van der Waals surface area (Å²) in [7, 11) is 3.89. The maximum absolute atomic E-state index is 11.3. The molecule has 0 aromatic rings. The fraction of sp³-hybridized carbons (Fsp3) is 0.600. The maximum atomic E-state index is 11.3. The molecule has 1 N–H and O–H groups in total. The van der Waals surface area contributed by atoms with Crippen molar-refractivity contribution in [1.29, 1.82) is 0 Å². The molecule has 1 fully saturated rings. The van der Waals surface area contributed by atoms with Crippen LogP contribution in [0.1, 0.15) is 12.8 Å². The first-order valence-corrected chi connectivity index (χ1v) is 5.98.